The number of carbonyl (C=O) groups is 2. The number of carbonyl (C=O) groups excluding carboxylic acids is 2. The van der Waals surface area contributed by atoms with Crippen LogP contribution in [0.5, 0.6) is 0 Å². The van der Waals surface area contributed by atoms with Crippen molar-refractivity contribution in [1.82, 2.24) is 13.7 Å². The molecular formula is C26H45N3O11. The molecule has 0 spiro atoms. The lowest BCUT2D eigenvalue weighted by Gasteiger charge is -2.26. The van der Waals surface area contributed by atoms with Crippen molar-refractivity contribution in [3.05, 3.63) is 31.5 Å². The number of rotatable bonds is 15. The van der Waals surface area contributed by atoms with E-state index >= 15 is 0 Å². The molecule has 0 aromatic carbocycles. The zero-order chi connectivity index (χ0) is 31.0. The summed E-state index contributed by atoms with van der Waals surface area (Å²) in [6.45, 7) is 10.4. The van der Waals surface area contributed by atoms with Gasteiger partial charge in [-0.1, -0.05) is 40.5 Å². The molecule has 1 aromatic heterocycles. The molecule has 4 N–H and O–H groups in total. The normalized spacial score (nSPS) is 15.3. The molecule has 1 aromatic rings. The van der Waals surface area contributed by atoms with Crippen LogP contribution in [0.15, 0.2) is 14.4 Å². The highest BCUT2D eigenvalue weighted by Crippen LogP contribution is 2.26. The lowest BCUT2D eigenvalue weighted by molar-refractivity contribution is -0.181. The first kappa shape index (κ1) is 35.2. The molecule has 0 fully saturated rings. The quantitative estimate of drug-likeness (QED) is 0.189. The van der Waals surface area contributed by atoms with Gasteiger partial charge in [0, 0.05) is 6.54 Å². The first-order valence-corrected chi connectivity index (χ1v) is 13.4. The number of aromatic nitrogens is 3. The molecule has 14 nitrogen and oxygen atoms in total. The van der Waals surface area contributed by atoms with Crippen LogP contribution < -0.4 is 17.1 Å². The van der Waals surface area contributed by atoms with Crippen LogP contribution in [0.2, 0.25) is 0 Å². The van der Waals surface area contributed by atoms with E-state index in [1.807, 2.05) is 27.7 Å². The van der Waals surface area contributed by atoms with E-state index in [2.05, 4.69) is 0 Å². The molecule has 0 amide bonds. The highest BCUT2D eigenvalue weighted by atomic mass is 16.6. The third kappa shape index (κ3) is 10.3. The zero-order valence-electron chi connectivity index (χ0n) is 24.5. The Morgan fingerprint density at radius 1 is 0.775 bits per heavy atom. The van der Waals surface area contributed by atoms with Crippen LogP contribution >= 0.6 is 0 Å². The lowest BCUT2D eigenvalue weighted by Crippen LogP contribution is -2.56. The summed E-state index contributed by atoms with van der Waals surface area (Å²) in [5.41, 5.74) is -4.17. The number of ether oxygens (including phenoxy) is 2. The average molecular weight is 576 g/mol. The van der Waals surface area contributed by atoms with Crippen molar-refractivity contribution < 1.29 is 39.5 Å². The standard InChI is InChI=1S/C26H45N3O11/c1-8-10-11-27-22(36)28(13-16(30)12-26(6,7)9-2)24(38)29(23(27)37)14-17(31)15-39-20(34)18(32)19(33)21(35)40-25(3,4)5/h16-19,30-33H,8-15H2,1-7H3. The summed E-state index contributed by atoms with van der Waals surface area (Å²) < 4.78 is 11.9. The van der Waals surface area contributed by atoms with Crippen LogP contribution in [0, 0.1) is 5.41 Å². The van der Waals surface area contributed by atoms with Crippen LogP contribution in [0.3, 0.4) is 0 Å². The summed E-state index contributed by atoms with van der Waals surface area (Å²) in [6, 6.07) is 0. The van der Waals surface area contributed by atoms with Crippen molar-refractivity contribution in [1.29, 1.82) is 0 Å². The Balaban J connectivity index is 3.14. The fraction of sp³-hybridized carbons (Fsp3) is 0.808. The van der Waals surface area contributed by atoms with Gasteiger partial charge in [0.05, 0.1) is 19.2 Å². The van der Waals surface area contributed by atoms with Gasteiger partial charge in [0.15, 0.2) is 12.2 Å². The van der Waals surface area contributed by atoms with Crippen molar-refractivity contribution in [2.75, 3.05) is 6.61 Å². The van der Waals surface area contributed by atoms with E-state index in [-0.39, 0.29) is 18.5 Å². The second kappa shape index (κ2) is 14.7. The molecule has 4 atom stereocenters. The number of hydrogen-bond acceptors (Lipinski definition) is 11. The molecule has 40 heavy (non-hydrogen) atoms. The van der Waals surface area contributed by atoms with Crippen LogP contribution in [0.1, 0.15) is 74.1 Å². The first-order valence-electron chi connectivity index (χ1n) is 13.4. The minimum atomic E-state index is -2.31. The minimum Gasteiger partial charge on any atom is -0.461 e. The monoisotopic (exact) mass is 575 g/mol. The molecule has 1 heterocycles. The van der Waals surface area contributed by atoms with Gasteiger partial charge in [-0.15, -0.1) is 0 Å². The minimum absolute atomic E-state index is 0.00478. The first-order chi connectivity index (χ1) is 18.3. The maximum absolute atomic E-state index is 13.1. The topological polar surface area (TPSA) is 200 Å². The molecular weight excluding hydrogens is 530 g/mol. The maximum atomic E-state index is 13.1. The maximum Gasteiger partial charge on any atom is 0.338 e. The molecule has 230 valence electrons. The Bertz CT molecular complexity index is 1180. The molecule has 0 saturated heterocycles. The Labute approximate surface area is 232 Å². The number of hydrogen-bond donors (Lipinski definition) is 4. The van der Waals surface area contributed by atoms with Gasteiger partial charge in [-0.05, 0) is 39.0 Å². The Morgan fingerprint density at radius 3 is 1.73 bits per heavy atom. The van der Waals surface area contributed by atoms with Gasteiger partial charge in [-0.2, -0.15) is 0 Å². The Morgan fingerprint density at radius 2 is 1.25 bits per heavy atom. The number of unbranched alkanes of at least 4 members (excludes halogenated alkanes) is 1. The average Bonchev–Trinajstić information content (AvgIpc) is 2.85. The van der Waals surface area contributed by atoms with Crippen molar-refractivity contribution in [2.24, 2.45) is 5.41 Å². The van der Waals surface area contributed by atoms with Crippen molar-refractivity contribution in [3.8, 4) is 0 Å². The second-order valence-electron chi connectivity index (χ2n) is 11.7. The van der Waals surface area contributed by atoms with Crippen molar-refractivity contribution in [2.45, 2.75) is 124 Å². The predicted octanol–water partition coefficient (Wildman–Crippen LogP) is -0.873. The summed E-state index contributed by atoms with van der Waals surface area (Å²) >= 11 is 0. The molecule has 4 unspecified atom stereocenters. The van der Waals surface area contributed by atoms with Gasteiger partial charge in [0.1, 0.15) is 18.3 Å². The van der Waals surface area contributed by atoms with Crippen molar-refractivity contribution in [3.63, 3.8) is 0 Å². The lowest BCUT2D eigenvalue weighted by atomic mass is 9.84. The van der Waals surface area contributed by atoms with E-state index < -0.39 is 72.2 Å². The van der Waals surface area contributed by atoms with Crippen molar-refractivity contribution >= 4 is 11.9 Å². The Hall–Kier alpha value is -2.81. The third-order valence-corrected chi connectivity index (χ3v) is 6.26. The van der Waals surface area contributed by atoms with Crippen LogP contribution in [-0.2, 0) is 38.7 Å². The van der Waals surface area contributed by atoms with E-state index in [9.17, 15) is 44.4 Å². The molecule has 0 radical (unpaired) electrons. The fourth-order valence-corrected chi connectivity index (χ4v) is 3.71. The predicted molar refractivity (Wildman–Crippen MR) is 144 cm³/mol. The van der Waals surface area contributed by atoms with E-state index in [4.69, 9.17) is 9.47 Å². The van der Waals surface area contributed by atoms with Gasteiger partial charge >= 0.3 is 29.0 Å². The van der Waals surface area contributed by atoms with Crippen LogP contribution in [-0.4, -0.2) is 82.7 Å². The largest absolute Gasteiger partial charge is 0.461 e. The zero-order valence-corrected chi connectivity index (χ0v) is 24.5. The summed E-state index contributed by atoms with van der Waals surface area (Å²) in [4.78, 5) is 63.1. The number of esters is 2. The van der Waals surface area contributed by atoms with E-state index in [0.717, 1.165) is 15.6 Å². The summed E-state index contributed by atoms with van der Waals surface area (Å²) in [5, 5.41) is 40.8. The number of aliphatic hydroxyl groups excluding tert-OH is 4. The molecule has 0 aliphatic carbocycles. The van der Waals surface area contributed by atoms with E-state index in [0.29, 0.717) is 23.8 Å². The number of aliphatic hydroxyl groups is 4. The molecule has 0 saturated carbocycles. The van der Waals surface area contributed by atoms with Gasteiger partial charge in [0.2, 0.25) is 0 Å². The van der Waals surface area contributed by atoms with E-state index in [1.54, 1.807) is 0 Å². The van der Waals surface area contributed by atoms with Gasteiger partial charge < -0.3 is 29.9 Å². The van der Waals surface area contributed by atoms with E-state index in [1.165, 1.54) is 20.8 Å². The fourth-order valence-electron chi connectivity index (χ4n) is 3.71. The summed E-state index contributed by atoms with van der Waals surface area (Å²) in [5.74, 6) is -2.71. The van der Waals surface area contributed by atoms with Crippen LogP contribution in [0.4, 0.5) is 0 Å². The summed E-state index contributed by atoms with van der Waals surface area (Å²) in [6.07, 6.45) is -5.13. The van der Waals surface area contributed by atoms with Gasteiger partial charge in [0.25, 0.3) is 0 Å². The van der Waals surface area contributed by atoms with Gasteiger partial charge in [-0.3, -0.25) is 0 Å². The smallest absolute Gasteiger partial charge is 0.338 e. The number of nitrogens with zero attached hydrogens (tertiary/aromatic N) is 3. The highest BCUT2D eigenvalue weighted by Gasteiger charge is 2.35. The summed E-state index contributed by atoms with van der Waals surface area (Å²) in [7, 11) is 0. The SMILES string of the molecule is CCCCn1c(=O)n(CC(O)COC(=O)C(O)C(O)C(=O)OC(C)(C)C)c(=O)n(CC(O)CC(C)(C)CC)c1=O. The second-order valence-corrected chi connectivity index (χ2v) is 11.7. The molecule has 0 aliphatic heterocycles. The Kier molecular flexibility index (Phi) is 13.0. The molecule has 0 aliphatic rings. The molecule has 0 bridgehead atoms. The van der Waals surface area contributed by atoms with Crippen LogP contribution in [0.25, 0.3) is 0 Å². The molecule has 1 rings (SSSR count). The van der Waals surface area contributed by atoms with Gasteiger partial charge in [-0.25, -0.2) is 37.7 Å². The highest BCUT2D eigenvalue weighted by molar-refractivity contribution is 5.85. The molecule has 14 heteroatoms. The third-order valence-electron chi connectivity index (χ3n) is 6.26.